The summed E-state index contributed by atoms with van der Waals surface area (Å²) in [6.45, 7) is 0.847. The fourth-order valence-electron chi connectivity index (χ4n) is 9.31. The number of nitrogens with zero attached hydrogens (tertiary/aromatic N) is 4. The van der Waals surface area contributed by atoms with Gasteiger partial charge in [0.05, 0.1) is 23.5 Å². The lowest BCUT2D eigenvalue weighted by Gasteiger charge is -2.43. The molecule has 9 rings (SSSR count). The van der Waals surface area contributed by atoms with Crippen LogP contribution in [0, 0.1) is 0 Å². The van der Waals surface area contributed by atoms with Crippen LogP contribution in [0.2, 0.25) is 0 Å². The van der Waals surface area contributed by atoms with Gasteiger partial charge in [0.2, 0.25) is 24.1 Å². The second kappa shape index (κ2) is 19.3. The molecule has 5 amide bonds. The first-order valence-electron chi connectivity index (χ1n) is 22.7. The number of pyridine rings is 1. The van der Waals surface area contributed by atoms with Gasteiger partial charge in [-0.3, -0.25) is 49.8 Å². The molecule has 2 fully saturated rings. The summed E-state index contributed by atoms with van der Waals surface area (Å²) in [5.41, 5.74) is 9.33. The molecule has 342 valence electrons. The molecule has 5 aliphatic rings. The van der Waals surface area contributed by atoms with Gasteiger partial charge in [0.15, 0.2) is 18.7 Å². The molecule has 4 aromatic rings. The van der Waals surface area contributed by atoms with Crippen LogP contribution >= 0.6 is 0 Å². The molecule has 1 aromatic heterocycles. The maximum Gasteiger partial charge on any atom is 0.261 e. The zero-order chi connectivity index (χ0) is 45.8. The third-order valence-corrected chi connectivity index (χ3v) is 13.0. The molecule has 0 spiro atoms. The van der Waals surface area contributed by atoms with Gasteiger partial charge in [-0.05, 0) is 74.3 Å². The van der Waals surface area contributed by atoms with Crippen molar-refractivity contribution in [2.24, 2.45) is 5.10 Å². The maximum absolute atomic E-state index is 13.4. The molecule has 4 aliphatic heterocycles. The number of hydrogen-bond acceptors (Lipinski definition) is 13. The Hall–Kier alpha value is -6.95. The van der Waals surface area contributed by atoms with Gasteiger partial charge >= 0.3 is 0 Å². The Morgan fingerprint density at radius 2 is 1.61 bits per heavy atom. The van der Waals surface area contributed by atoms with Gasteiger partial charge in [0.25, 0.3) is 11.8 Å². The number of hydrogen-bond donors (Lipinski definition) is 7. The van der Waals surface area contributed by atoms with Crippen molar-refractivity contribution in [3.05, 3.63) is 113 Å². The van der Waals surface area contributed by atoms with Crippen molar-refractivity contribution in [1.82, 2.24) is 41.5 Å². The second-order valence-electron chi connectivity index (χ2n) is 17.2. The van der Waals surface area contributed by atoms with E-state index in [1.54, 1.807) is 23.2 Å². The largest absolute Gasteiger partial charge is 0.483 e. The number of rotatable bonds is 17. The molecule has 7 N–H and O–H groups in total. The van der Waals surface area contributed by atoms with Crippen LogP contribution in [-0.4, -0.2) is 99.0 Å². The number of unbranched alkanes of at least 4 members (excludes halogenated alkanes) is 3. The lowest BCUT2D eigenvalue weighted by Crippen LogP contribution is -2.51. The average molecular weight is 896 g/mol. The molecule has 3 atom stereocenters. The summed E-state index contributed by atoms with van der Waals surface area (Å²) >= 11 is 0. The fraction of sp³-hybridized carbons (Fsp3) is 0.367. The molecular weight excluding hydrogens is 843 g/mol. The van der Waals surface area contributed by atoms with Crippen LogP contribution in [0.4, 0.5) is 0 Å². The summed E-state index contributed by atoms with van der Waals surface area (Å²) in [5, 5.41) is 37.3. The van der Waals surface area contributed by atoms with E-state index in [4.69, 9.17) is 9.72 Å². The molecule has 17 heteroatoms. The Morgan fingerprint density at radius 3 is 2.35 bits per heavy atom. The van der Waals surface area contributed by atoms with Crippen molar-refractivity contribution in [2.75, 3.05) is 26.2 Å². The number of carbonyl (C=O) groups excluding carboxylic acids is 5. The molecule has 3 aromatic carbocycles. The fourth-order valence-corrected chi connectivity index (χ4v) is 9.31. The molecule has 2 unspecified atom stereocenters. The topological polar surface area (TPSA) is 227 Å². The number of hydrazone groups is 1. The number of fused-ring (bicyclic) bond motifs is 4. The summed E-state index contributed by atoms with van der Waals surface area (Å²) < 4.78 is 5.72. The van der Waals surface area contributed by atoms with E-state index in [0.717, 1.165) is 89.1 Å². The quantitative estimate of drug-likeness (QED) is 0.0595. The van der Waals surface area contributed by atoms with E-state index in [2.05, 4.69) is 74.3 Å². The number of carbonyl (C=O) groups is 5. The normalized spacial score (nSPS) is 20.2. The number of nitrogens with one attached hydrogen (secondary N) is 5. The highest BCUT2D eigenvalue weighted by Gasteiger charge is 2.45. The van der Waals surface area contributed by atoms with Crippen LogP contribution in [0.5, 0.6) is 5.75 Å². The highest BCUT2D eigenvalue weighted by atomic mass is 16.5. The summed E-state index contributed by atoms with van der Waals surface area (Å²) in [6, 6.07) is 24.4. The standard InChI is InChI=1S/C49H53N9O8/c59-39-16-9-14-37(45(62)54-39)58-46(63)33-13-8-15-38(42(33)47(58)64)66-29-41(61)51-25-7-2-1-6-24-50-40(60)28-52-49(22-10-23-49)32-19-17-31(18-20-32)43-34(30-11-4-3-5-12-30)27-35-36(53-43)21-26-57-44(35)55-56-48(57)65/h3-5,8,11-13,15,17-21,26-27,37,46,48,52,56,63,65H,1-2,6-7,9-10,14,16,22-25,28-29H2,(H,50,60)(H,51,61)(H,54,59,62)/t37-,46?,48?/m0/s1. The van der Waals surface area contributed by atoms with Gasteiger partial charge in [-0.15, -0.1) is 0 Å². The zero-order valence-electron chi connectivity index (χ0n) is 36.4. The van der Waals surface area contributed by atoms with E-state index in [9.17, 15) is 34.2 Å². The van der Waals surface area contributed by atoms with Crippen LogP contribution < -0.4 is 31.4 Å². The van der Waals surface area contributed by atoms with Crippen molar-refractivity contribution < 1.29 is 38.9 Å². The van der Waals surface area contributed by atoms with E-state index in [0.29, 0.717) is 25.3 Å². The number of aliphatic hydroxyl groups excluding tert-OH is 2. The van der Waals surface area contributed by atoms with Crippen LogP contribution in [0.15, 0.2) is 90.2 Å². The lowest BCUT2D eigenvalue weighted by molar-refractivity contribution is -0.134. The van der Waals surface area contributed by atoms with Crippen LogP contribution in [-0.2, 0) is 24.7 Å². The third-order valence-electron chi connectivity index (χ3n) is 13.0. The summed E-state index contributed by atoms with van der Waals surface area (Å²) in [5.74, 6) is -1.33. The number of benzene rings is 3. The van der Waals surface area contributed by atoms with E-state index < -0.39 is 36.3 Å². The number of aliphatic hydroxyl groups is 2. The number of ether oxygens (including phenoxy) is 1. The minimum absolute atomic E-state index is 0.0588. The molecule has 66 heavy (non-hydrogen) atoms. The second-order valence-corrected chi connectivity index (χ2v) is 17.2. The Morgan fingerprint density at radius 1 is 0.848 bits per heavy atom. The number of amides is 5. The number of imide groups is 1. The van der Waals surface area contributed by atoms with Crippen molar-refractivity contribution in [1.29, 1.82) is 0 Å². The molecule has 5 heterocycles. The minimum atomic E-state index is -1.39. The van der Waals surface area contributed by atoms with Gasteiger partial charge in [-0.2, -0.15) is 5.10 Å². The minimum Gasteiger partial charge on any atom is -0.483 e. The van der Waals surface area contributed by atoms with Crippen molar-refractivity contribution >= 4 is 41.4 Å². The number of amidine groups is 1. The van der Waals surface area contributed by atoms with E-state index in [-0.39, 0.29) is 60.2 Å². The zero-order valence-corrected chi connectivity index (χ0v) is 36.4. The summed E-state index contributed by atoms with van der Waals surface area (Å²) in [4.78, 5) is 71.3. The Bertz CT molecular complexity index is 2580. The molecule has 0 radical (unpaired) electrons. The van der Waals surface area contributed by atoms with Crippen molar-refractivity contribution in [3.8, 4) is 28.1 Å². The Kier molecular flexibility index (Phi) is 12.9. The summed E-state index contributed by atoms with van der Waals surface area (Å²) in [7, 11) is 0. The molecule has 1 saturated carbocycles. The maximum atomic E-state index is 13.4. The van der Waals surface area contributed by atoms with E-state index in [1.807, 2.05) is 24.3 Å². The van der Waals surface area contributed by atoms with E-state index >= 15 is 0 Å². The van der Waals surface area contributed by atoms with Crippen LogP contribution in [0.25, 0.3) is 28.5 Å². The average Bonchev–Trinajstić information content (AvgIpc) is 3.76. The Labute approximate surface area is 381 Å². The number of aromatic nitrogens is 1. The van der Waals surface area contributed by atoms with Crippen molar-refractivity contribution in [3.63, 3.8) is 0 Å². The van der Waals surface area contributed by atoms with Gasteiger partial charge < -0.3 is 25.6 Å². The third kappa shape index (κ3) is 9.01. The smallest absolute Gasteiger partial charge is 0.261 e. The van der Waals surface area contributed by atoms with Crippen LogP contribution in [0.1, 0.15) is 103 Å². The molecule has 1 saturated heterocycles. The van der Waals surface area contributed by atoms with E-state index in [1.165, 1.54) is 6.07 Å². The first-order valence-corrected chi connectivity index (χ1v) is 22.7. The van der Waals surface area contributed by atoms with Crippen molar-refractivity contribution in [2.45, 2.75) is 88.4 Å². The van der Waals surface area contributed by atoms with Gasteiger partial charge in [-0.25, -0.2) is 4.98 Å². The molecule has 17 nitrogen and oxygen atoms in total. The monoisotopic (exact) mass is 895 g/mol. The molecule has 1 aliphatic carbocycles. The SMILES string of the molecule is O=C(CNC1(c2ccc(-c3nc4c(cc3-c3ccccc3)C3=NNC(O)N3C=C4)cc2)CCC1)NCCCCCCNC(=O)COc1cccc2c1C(=O)N([C@H]1CCCC(=O)NC1=O)C2O. The molecular formula is C49H53N9O8. The lowest BCUT2D eigenvalue weighted by atomic mass is 9.71. The van der Waals surface area contributed by atoms with Gasteiger partial charge in [0.1, 0.15) is 11.8 Å². The predicted molar refractivity (Wildman–Crippen MR) is 244 cm³/mol. The highest BCUT2D eigenvalue weighted by molar-refractivity contribution is 6.07. The summed E-state index contributed by atoms with van der Waals surface area (Å²) in [6.07, 6.45) is 8.32. The first-order chi connectivity index (χ1) is 32.1. The van der Waals surface area contributed by atoms with Gasteiger partial charge in [-0.1, -0.05) is 79.6 Å². The first kappa shape index (κ1) is 44.3. The van der Waals surface area contributed by atoms with Crippen LogP contribution in [0.3, 0.4) is 0 Å². The highest BCUT2D eigenvalue weighted by Crippen LogP contribution is 2.43. The Balaban J connectivity index is 0.699. The van der Waals surface area contributed by atoms with Gasteiger partial charge in [0, 0.05) is 53.5 Å². The molecule has 0 bridgehead atoms. The predicted octanol–water partition coefficient (Wildman–Crippen LogP) is 3.73.